The fraction of sp³-hybridized carbons (Fsp3) is 0.946. The first-order chi connectivity index (χ1) is 23.4. The van der Waals surface area contributed by atoms with E-state index in [1.807, 2.05) is 25.9 Å². The Balaban J connectivity index is 2.18. The van der Waals surface area contributed by atoms with Gasteiger partial charge < -0.3 is 58.9 Å². The number of Topliss-reactive ketones (excluding diaryl/α,β-unsaturated/α-hetero) is 1. The fourth-order valence-electron chi connectivity index (χ4n) is 8.41. The zero-order chi connectivity index (χ0) is 39.0. The molecule has 3 aliphatic rings. The number of carbonyl (C=O) groups excluding carboxylic acids is 2. The molecule has 0 aromatic carbocycles. The minimum absolute atomic E-state index is 0.0936. The number of likely N-dealkylation sites (N-methyl/N-ethyl adjacent to an activating group) is 1. The van der Waals surface area contributed by atoms with Crippen LogP contribution in [0.4, 0.5) is 0 Å². The Morgan fingerprint density at radius 1 is 0.882 bits per heavy atom. The summed E-state index contributed by atoms with van der Waals surface area (Å²) in [7, 11) is 5.18. The topological polar surface area (TPSA) is 194 Å². The summed E-state index contributed by atoms with van der Waals surface area (Å²) in [6.45, 7) is 16.3. The van der Waals surface area contributed by atoms with Crippen LogP contribution in [0, 0.1) is 23.7 Å². The molecule has 0 aromatic rings. The number of ether oxygens (including phenoxy) is 6. The van der Waals surface area contributed by atoms with E-state index in [0.717, 1.165) is 0 Å². The summed E-state index contributed by atoms with van der Waals surface area (Å²) in [6.07, 6.45) is -9.71. The average molecular weight is 734 g/mol. The minimum atomic E-state index is -1.99. The maximum absolute atomic E-state index is 14.1. The molecule has 5 N–H and O–H groups in total. The second-order valence-electron chi connectivity index (χ2n) is 16.5. The molecule has 0 saturated carbocycles. The molecule has 0 amide bonds. The van der Waals surface area contributed by atoms with Gasteiger partial charge in [0.25, 0.3) is 0 Å². The number of cyclic esters (lactones) is 1. The van der Waals surface area contributed by atoms with Crippen molar-refractivity contribution in [3.63, 3.8) is 0 Å². The van der Waals surface area contributed by atoms with Crippen LogP contribution in [0.3, 0.4) is 0 Å². The standard InChI is InChI=1S/C37H67NO13/c1-14-25-37(10,45)30(41)20(4)27(39)18(2)16-35(8,44)32(51-34-28(40)24(38(11)12)15-19(3)47-34)21(5)29(22(6)33(43)49-25)50-26-17-36(9,46-13)31(42)23(7)48-26/h18-26,28-32,34,40-42,44-45H,14-17H2,1-13H3/t18-,19+,20-,21-,22+,23-,24-,25-,26+,28-,29+,30-,31+,32-,34-,35+,36-,37-/m0/s1. The minimum Gasteiger partial charge on any atom is -0.459 e. The summed E-state index contributed by atoms with van der Waals surface area (Å²) in [5, 5.41) is 57.6. The van der Waals surface area contributed by atoms with Crippen LogP contribution in [-0.2, 0) is 38.0 Å². The van der Waals surface area contributed by atoms with E-state index in [9.17, 15) is 35.1 Å². The third-order valence-electron chi connectivity index (χ3n) is 11.8. The first-order valence-electron chi connectivity index (χ1n) is 18.5. The van der Waals surface area contributed by atoms with Gasteiger partial charge in [0, 0.05) is 37.3 Å². The van der Waals surface area contributed by atoms with Gasteiger partial charge >= 0.3 is 5.97 Å². The maximum atomic E-state index is 14.1. The number of nitrogens with zero attached hydrogens (tertiary/aromatic N) is 1. The summed E-state index contributed by atoms with van der Waals surface area (Å²) < 4.78 is 37.1. The van der Waals surface area contributed by atoms with Crippen LogP contribution >= 0.6 is 0 Å². The lowest BCUT2D eigenvalue weighted by molar-refractivity contribution is -0.318. The molecule has 3 heterocycles. The second kappa shape index (κ2) is 17.0. The number of hydrogen-bond acceptors (Lipinski definition) is 14. The lowest BCUT2D eigenvalue weighted by atomic mass is 9.74. The van der Waals surface area contributed by atoms with Crippen LogP contribution in [0.25, 0.3) is 0 Å². The van der Waals surface area contributed by atoms with E-state index in [1.165, 1.54) is 27.9 Å². The molecular weight excluding hydrogens is 666 g/mol. The van der Waals surface area contributed by atoms with Crippen LogP contribution in [-0.4, -0.2) is 148 Å². The van der Waals surface area contributed by atoms with E-state index in [-0.39, 0.29) is 31.4 Å². The smallest absolute Gasteiger partial charge is 0.311 e. The normalized spacial score (nSPS) is 49.7. The third kappa shape index (κ3) is 9.51. The molecule has 3 saturated heterocycles. The van der Waals surface area contributed by atoms with Gasteiger partial charge in [-0.2, -0.15) is 0 Å². The molecule has 14 heteroatoms. The van der Waals surface area contributed by atoms with Crippen LogP contribution in [0.15, 0.2) is 0 Å². The summed E-state index contributed by atoms with van der Waals surface area (Å²) in [5.41, 5.74) is -4.84. The highest BCUT2D eigenvalue weighted by Gasteiger charge is 2.53. The molecule has 51 heavy (non-hydrogen) atoms. The molecule has 298 valence electrons. The quantitative estimate of drug-likeness (QED) is 0.238. The number of rotatable bonds is 7. The predicted molar refractivity (Wildman–Crippen MR) is 186 cm³/mol. The molecule has 18 atom stereocenters. The molecule has 3 aliphatic heterocycles. The first kappa shape index (κ1) is 44.1. The number of aliphatic hydroxyl groups is 5. The van der Waals surface area contributed by atoms with E-state index in [1.54, 1.807) is 41.5 Å². The van der Waals surface area contributed by atoms with Gasteiger partial charge in [0.15, 0.2) is 12.6 Å². The van der Waals surface area contributed by atoms with E-state index in [2.05, 4.69) is 0 Å². The average Bonchev–Trinajstić information content (AvgIpc) is 3.05. The highest BCUT2D eigenvalue weighted by Crippen LogP contribution is 2.40. The van der Waals surface area contributed by atoms with Crippen molar-refractivity contribution in [2.24, 2.45) is 23.7 Å². The molecule has 3 rings (SSSR count). The lowest BCUT2D eigenvalue weighted by Gasteiger charge is -2.49. The van der Waals surface area contributed by atoms with Crippen molar-refractivity contribution in [2.75, 3.05) is 21.2 Å². The fourth-order valence-corrected chi connectivity index (χ4v) is 8.41. The van der Waals surface area contributed by atoms with Crippen molar-refractivity contribution in [2.45, 2.75) is 179 Å². The van der Waals surface area contributed by atoms with Gasteiger partial charge in [0.1, 0.15) is 29.7 Å². The summed E-state index contributed by atoms with van der Waals surface area (Å²) in [6, 6.07) is -0.324. The van der Waals surface area contributed by atoms with E-state index >= 15 is 0 Å². The Morgan fingerprint density at radius 3 is 2.04 bits per heavy atom. The number of ketones is 1. The van der Waals surface area contributed by atoms with E-state index in [0.29, 0.717) is 6.42 Å². The molecule has 0 radical (unpaired) electrons. The van der Waals surface area contributed by atoms with Gasteiger partial charge in [-0.25, -0.2) is 0 Å². The van der Waals surface area contributed by atoms with Gasteiger partial charge in [-0.3, -0.25) is 9.59 Å². The zero-order valence-electron chi connectivity index (χ0n) is 32.9. The molecule has 0 bridgehead atoms. The SMILES string of the molecule is CC[C@@H]1OC(=O)[C@H](C)[C@H](O[C@@H]2C[C@](C)(OC)[C@H](O)[C@H](C)O2)[C@H](C)[C@H](O[C@@H]2O[C@H](C)C[C@H](N(C)C)[C@@H]2O)[C@](C)(O)C[C@H](C)C(=O)[C@H](C)[C@H](O)[C@@]1(C)O. The predicted octanol–water partition coefficient (Wildman–Crippen LogP) is 1.79. The molecular formula is C37H67NO13. The van der Waals surface area contributed by atoms with Crippen molar-refractivity contribution in [1.29, 1.82) is 0 Å². The Bertz CT molecular complexity index is 1170. The number of carbonyl (C=O) groups is 2. The van der Waals surface area contributed by atoms with Gasteiger partial charge in [0.2, 0.25) is 0 Å². The maximum Gasteiger partial charge on any atom is 0.311 e. The lowest BCUT2D eigenvalue weighted by Crippen LogP contribution is -2.61. The van der Waals surface area contributed by atoms with Gasteiger partial charge in [-0.05, 0) is 74.9 Å². The van der Waals surface area contributed by atoms with Crippen LogP contribution < -0.4 is 0 Å². The summed E-state index contributed by atoms with van der Waals surface area (Å²) >= 11 is 0. The molecule has 0 spiro atoms. The number of aliphatic hydroxyl groups excluding tert-OH is 3. The monoisotopic (exact) mass is 733 g/mol. The van der Waals surface area contributed by atoms with Crippen LogP contribution in [0.2, 0.25) is 0 Å². The Kier molecular flexibility index (Phi) is 14.7. The first-order valence-corrected chi connectivity index (χ1v) is 18.5. The Labute approximate surface area is 304 Å². The van der Waals surface area contributed by atoms with Gasteiger partial charge in [0.05, 0.1) is 47.6 Å². The Morgan fingerprint density at radius 2 is 1.49 bits per heavy atom. The van der Waals surface area contributed by atoms with Crippen LogP contribution in [0.5, 0.6) is 0 Å². The number of methoxy groups -OCH3 is 1. The summed E-state index contributed by atoms with van der Waals surface area (Å²) in [5.74, 6) is -4.98. The van der Waals surface area contributed by atoms with E-state index in [4.69, 9.17) is 28.4 Å². The number of hydrogen-bond donors (Lipinski definition) is 5. The van der Waals surface area contributed by atoms with Crippen LogP contribution in [0.1, 0.15) is 94.9 Å². The molecule has 14 nitrogen and oxygen atoms in total. The van der Waals surface area contributed by atoms with Gasteiger partial charge in [-0.1, -0.05) is 27.7 Å². The van der Waals surface area contributed by atoms with Crippen molar-refractivity contribution >= 4 is 11.8 Å². The van der Waals surface area contributed by atoms with Crippen molar-refractivity contribution in [3.05, 3.63) is 0 Å². The highest BCUT2D eigenvalue weighted by atomic mass is 16.7. The van der Waals surface area contributed by atoms with Crippen molar-refractivity contribution < 1.29 is 63.5 Å². The molecule has 0 unspecified atom stereocenters. The zero-order valence-corrected chi connectivity index (χ0v) is 32.9. The molecule has 0 aromatic heterocycles. The van der Waals surface area contributed by atoms with E-state index < -0.39 is 108 Å². The molecule has 0 aliphatic carbocycles. The second-order valence-corrected chi connectivity index (χ2v) is 16.5. The van der Waals surface area contributed by atoms with Gasteiger partial charge in [-0.15, -0.1) is 0 Å². The largest absolute Gasteiger partial charge is 0.459 e. The summed E-state index contributed by atoms with van der Waals surface area (Å²) in [4.78, 5) is 29.8. The van der Waals surface area contributed by atoms with Crippen molar-refractivity contribution in [1.82, 2.24) is 4.90 Å². The number of esters is 1. The highest BCUT2D eigenvalue weighted by molar-refractivity contribution is 5.83. The third-order valence-corrected chi connectivity index (χ3v) is 11.8. The Hall–Kier alpha value is -1.30. The molecule has 3 fully saturated rings. The van der Waals surface area contributed by atoms with Crippen molar-refractivity contribution in [3.8, 4) is 0 Å².